The Balaban J connectivity index is 1.79. The summed E-state index contributed by atoms with van der Waals surface area (Å²) >= 11 is 0. The van der Waals surface area contributed by atoms with E-state index < -0.39 is 0 Å². The highest BCUT2D eigenvalue weighted by Crippen LogP contribution is 2.27. The molecule has 0 aromatic carbocycles. The molecule has 126 valence electrons. The first-order valence-corrected chi connectivity index (χ1v) is 8.38. The smallest absolute Gasteiger partial charge is 0.152 e. The minimum absolute atomic E-state index is 0.581. The van der Waals surface area contributed by atoms with Crippen LogP contribution in [0.4, 0.5) is 11.5 Å². The number of aryl methyl sites for hydroxylation is 1. The van der Waals surface area contributed by atoms with Gasteiger partial charge in [0.1, 0.15) is 11.5 Å². The van der Waals surface area contributed by atoms with Gasteiger partial charge in [-0.05, 0) is 37.8 Å². The first-order valence-electron chi connectivity index (χ1n) is 8.38. The monoisotopic (exact) mass is 326 g/mol. The van der Waals surface area contributed by atoms with Gasteiger partial charge in [0.25, 0.3) is 0 Å². The van der Waals surface area contributed by atoms with Crippen molar-refractivity contribution in [3.05, 3.63) is 35.3 Å². The van der Waals surface area contributed by atoms with Crippen LogP contribution in [0, 0.1) is 17.7 Å². The SMILES string of the molecule is Cc1ncc(-c2ccc(NN=O)c(NCC3CCCCC3)n2)cn1. The second kappa shape index (κ2) is 7.81. The van der Waals surface area contributed by atoms with Crippen molar-refractivity contribution in [1.29, 1.82) is 0 Å². The van der Waals surface area contributed by atoms with E-state index in [1.165, 1.54) is 32.1 Å². The van der Waals surface area contributed by atoms with Gasteiger partial charge in [0.2, 0.25) is 0 Å². The van der Waals surface area contributed by atoms with Crippen molar-refractivity contribution < 1.29 is 0 Å². The maximum absolute atomic E-state index is 10.6. The first-order chi connectivity index (χ1) is 11.8. The Kier molecular flexibility index (Phi) is 5.30. The van der Waals surface area contributed by atoms with Crippen molar-refractivity contribution in [1.82, 2.24) is 15.0 Å². The summed E-state index contributed by atoms with van der Waals surface area (Å²) in [6, 6.07) is 3.63. The van der Waals surface area contributed by atoms with Crippen LogP contribution < -0.4 is 10.7 Å². The fourth-order valence-electron chi connectivity index (χ4n) is 3.05. The molecule has 1 aliphatic carbocycles. The number of nitrogens with one attached hydrogen (secondary N) is 2. The van der Waals surface area contributed by atoms with Crippen LogP contribution in [0.25, 0.3) is 11.3 Å². The summed E-state index contributed by atoms with van der Waals surface area (Å²) in [7, 11) is 0. The molecule has 7 nitrogen and oxygen atoms in total. The van der Waals surface area contributed by atoms with Crippen LogP contribution in [-0.4, -0.2) is 21.5 Å². The minimum atomic E-state index is 0.581. The number of hydrogen-bond donors (Lipinski definition) is 2. The average molecular weight is 326 g/mol. The molecule has 2 aromatic heterocycles. The van der Waals surface area contributed by atoms with Gasteiger partial charge in [-0.1, -0.05) is 19.3 Å². The lowest BCUT2D eigenvalue weighted by molar-refractivity contribution is 0.373. The molecule has 1 fully saturated rings. The molecule has 7 heteroatoms. The molecule has 2 N–H and O–H groups in total. The minimum Gasteiger partial charge on any atom is -0.368 e. The van der Waals surface area contributed by atoms with E-state index in [2.05, 4.69) is 31.0 Å². The molecule has 0 spiro atoms. The standard InChI is InChI=1S/C17H22N6O/c1-12-18-10-14(11-19-12)15-7-8-16(22-23-24)17(21-15)20-9-13-5-3-2-4-6-13/h7-8,10-11,13H,2-6,9H2,1H3,(H,20,21)(H,22,24). The number of aromatic nitrogens is 3. The van der Waals surface area contributed by atoms with Crippen molar-refractivity contribution in [3.8, 4) is 11.3 Å². The van der Waals surface area contributed by atoms with Crippen molar-refractivity contribution >= 4 is 11.5 Å². The maximum atomic E-state index is 10.6. The lowest BCUT2D eigenvalue weighted by atomic mass is 9.89. The van der Waals surface area contributed by atoms with Gasteiger partial charge < -0.3 is 5.32 Å². The average Bonchev–Trinajstić information content (AvgIpc) is 2.63. The topological polar surface area (TPSA) is 92.2 Å². The fraction of sp³-hybridized carbons (Fsp3) is 0.471. The highest BCUT2D eigenvalue weighted by molar-refractivity contribution is 5.70. The van der Waals surface area contributed by atoms with Crippen LogP contribution in [0.15, 0.2) is 29.8 Å². The molecule has 0 aliphatic heterocycles. The zero-order valence-corrected chi connectivity index (χ0v) is 13.8. The summed E-state index contributed by atoms with van der Waals surface area (Å²) in [5.74, 6) is 2.01. The fourth-order valence-corrected chi connectivity index (χ4v) is 3.05. The van der Waals surface area contributed by atoms with Gasteiger partial charge in [-0.3, -0.25) is 0 Å². The molecule has 0 radical (unpaired) electrons. The molecule has 0 unspecified atom stereocenters. The van der Waals surface area contributed by atoms with Crippen LogP contribution in [0.5, 0.6) is 0 Å². The van der Waals surface area contributed by atoms with E-state index in [1.807, 2.05) is 13.0 Å². The van der Waals surface area contributed by atoms with E-state index in [0.29, 0.717) is 17.4 Å². The van der Waals surface area contributed by atoms with E-state index in [1.54, 1.807) is 18.5 Å². The number of nitroso groups, excluding NO2 is 1. The predicted molar refractivity (Wildman–Crippen MR) is 94.5 cm³/mol. The third kappa shape index (κ3) is 4.04. The summed E-state index contributed by atoms with van der Waals surface area (Å²) in [4.78, 5) is 23.6. The van der Waals surface area contributed by atoms with Crippen LogP contribution in [0.2, 0.25) is 0 Å². The molecule has 2 heterocycles. The molecule has 1 aliphatic rings. The highest BCUT2D eigenvalue weighted by atomic mass is 16.3. The molecule has 2 aromatic rings. The third-order valence-electron chi connectivity index (χ3n) is 4.42. The number of hydrogen-bond acceptors (Lipinski definition) is 6. The van der Waals surface area contributed by atoms with Gasteiger partial charge in [0.15, 0.2) is 5.82 Å². The Morgan fingerprint density at radius 3 is 2.62 bits per heavy atom. The molecule has 0 amide bonds. The van der Waals surface area contributed by atoms with Gasteiger partial charge >= 0.3 is 0 Å². The van der Waals surface area contributed by atoms with E-state index in [4.69, 9.17) is 0 Å². The normalized spacial score (nSPS) is 15.0. The van der Waals surface area contributed by atoms with Gasteiger partial charge in [0, 0.05) is 24.5 Å². The van der Waals surface area contributed by atoms with Crippen LogP contribution in [0.1, 0.15) is 37.9 Å². The van der Waals surface area contributed by atoms with Crippen LogP contribution >= 0.6 is 0 Å². The molecule has 3 rings (SSSR count). The number of anilines is 2. The van der Waals surface area contributed by atoms with Gasteiger partial charge in [-0.2, -0.15) is 0 Å². The Morgan fingerprint density at radius 2 is 1.92 bits per heavy atom. The molecular formula is C17H22N6O. The summed E-state index contributed by atoms with van der Waals surface area (Å²) in [6.45, 7) is 2.70. The Bertz CT molecular complexity index is 682. The Labute approximate surface area is 141 Å². The molecule has 24 heavy (non-hydrogen) atoms. The number of nitrogens with zero attached hydrogens (tertiary/aromatic N) is 4. The first kappa shape index (κ1) is 16.3. The number of pyridine rings is 1. The zero-order valence-electron chi connectivity index (χ0n) is 13.8. The van der Waals surface area contributed by atoms with Crippen LogP contribution in [-0.2, 0) is 0 Å². The Morgan fingerprint density at radius 1 is 1.17 bits per heavy atom. The van der Waals surface area contributed by atoms with Crippen molar-refractivity contribution in [3.63, 3.8) is 0 Å². The largest absolute Gasteiger partial charge is 0.368 e. The predicted octanol–water partition coefficient (Wildman–Crippen LogP) is 3.93. The lowest BCUT2D eigenvalue weighted by Crippen LogP contribution is -2.18. The lowest BCUT2D eigenvalue weighted by Gasteiger charge is -2.22. The summed E-state index contributed by atoms with van der Waals surface area (Å²) in [5.41, 5.74) is 4.65. The maximum Gasteiger partial charge on any atom is 0.152 e. The molecule has 0 saturated heterocycles. The zero-order chi connectivity index (χ0) is 16.8. The van der Waals surface area contributed by atoms with Crippen molar-refractivity contribution in [2.45, 2.75) is 39.0 Å². The quantitative estimate of drug-likeness (QED) is 0.617. The second-order valence-corrected chi connectivity index (χ2v) is 6.20. The number of rotatable bonds is 6. The van der Waals surface area contributed by atoms with Crippen molar-refractivity contribution in [2.75, 3.05) is 17.3 Å². The van der Waals surface area contributed by atoms with E-state index >= 15 is 0 Å². The van der Waals surface area contributed by atoms with E-state index in [0.717, 1.165) is 23.6 Å². The highest BCUT2D eigenvalue weighted by Gasteiger charge is 2.15. The van der Waals surface area contributed by atoms with Crippen molar-refractivity contribution in [2.24, 2.45) is 11.2 Å². The summed E-state index contributed by atoms with van der Waals surface area (Å²) < 4.78 is 0. The molecule has 1 saturated carbocycles. The van der Waals surface area contributed by atoms with Gasteiger partial charge in [-0.15, -0.1) is 4.91 Å². The third-order valence-corrected chi connectivity index (χ3v) is 4.42. The second-order valence-electron chi connectivity index (χ2n) is 6.20. The van der Waals surface area contributed by atoms with E-state index in [9.17, 15) is 4.91 Å². The molecule has 0 atom stereocenters. The Hall–Kier alpha value is -2.57. The summed E-state index contributed by atoms with van der Waals surface area (Å²) in [5, 5.41) is 6.15. The van der Waals surface area contributed by atoms with E-state index in [-0.39, 0.29) is 0 Å². The van der Waals surface area contributed by atoms with Crippen LogP contribution in [0.3, 0.4) is 0 Å². The summed E-state index contributed by atoms with van der Waals surface area (Å²) in [6.07, 6.45) is 9.91. The molecular weight excluding hydrogens is 304 g/mol. The van der Waals surface area contributed by atoms with Gasteiger partial charge in [-0.25, -0.2) is 20.4 Å². The van der Waals surface area contributed by atoms with Gasteiger partial charge in [0.05, 0.1) is 11.0 Å². The molecule has 0 bridgehead atoms.